The maximum absolute atomic E-state index is 12.3. The molecule has 3 aromatic rings. The Morgan fingerprint density at radius 1 is 1.35 bits per heavy atom. The summed E-state index contributed by atoms with van der Waals surface area (Å²) in [4.78, 5) is 20.7. The summed E-state index contributed by atoms with van der Waals surface area (Å²) in [6.45, 7) is 0.446. The van der Waals surface area contributed by atoms with Gasteiger partial charge in [0.1, 0.15) is 17.9 Å². The summed E-state index contributed by atoms with van der Waals surface area (Å²) in [6, 6.07) is 7.61. The van der Waals surface area contributed by atoms with E-state index in [1.165, 1.54) is 0 Å². The van der Waals surface area contributed by atoms with Crippen LogP contribution in [0, 0.1) is 5.92 Å². The van der Waals surface area contributed by atoms with Crippen LogP contribution < -0.4 is 5.32 Å². The predicted molar refractivity (Wildman–Crippen MR) is 82.8 cm³/mol. The van der Waals surface area contributed by atoms with Crippen molar-refractivity contribution in [3.05, 3.63) is 66.8 Å². The van der Waals surface area contributed by atoms with Crippen molar-refractivity contribution in [3.63, 3.8) is 0 Å². The van der Waals surface area contributed by atoms with Crippen molar-refractivity contribution < 1.29 is 9.21 Å². The van der Waals surface area contributed by atoms with Crippen molar-refractivity contribution in [1.82, 2.24) is 19.9 Å². The van der Waals surface area contributed by atoms with E-state index in [1.807, 2.05) is 35.0 Å². The molecule has 6 nitrogen and oxygen atoms in total. The number of hydrogen-bond acceptors (Lipinski definition) is 4. The standard InChI is InChI=1S/C17H16N4O2/c22-17(14-9-13(14)15-4-2-8-23-15)20-10-12-3-1-5-19-16(12)21-7-6-18-11-21/h1-8,11,13-14H,9-10H2,(H,20,22). The molecule has 1 fully saturated rings. The molecule has 1 amide bonds. The number of carbonyl (C=O) groups excluding carboxylic acids is 1. The van der Waals surface area contributed by atoms with Gasteiger partial charge in [0.15, 0.2) is 0 Å². The first-order valence-corrected chi connectivity index (χ1v) is 7.56. The topological polar surface area (TPSA) is 73.0 Å². The minimum atomic E-state index is 0.00881. The molecule has 3 heterocycles. The Morgan fingerprint density at radius 2 is 2.30 bits per heavy atom. The Balaban J connectivity index is 1.41. The Hall–Kier alpha value is -2.89. The van der Waals surface area contributed by atoms with Crippen molar-refractivity contribution in [3.8, 4) is 5.82 Å². The number of carbonyl (C=O) groups is 1. The molecule has 1 aliphatic rings. The fraction of sp³-hybridized carbons (Fsp3) is 0.235. The fourth-order valence-electron chi connectivity index (χ4n) is 2.80. The first-order valence-electron chi connectivity index (χ1n) is 7.56. The van der Waals surface area contributed by atoms with Crippen molar-refractivity contribution >= 4 is 5.91 Å². The molecule has 0 spiro atoms. The van der Waals surface area contributed by atoms with Gasteiger partial charge in [0, 0.05) is 42.5 Å². The van der Waals surface area contributed by atoms with E-state index in [0.717, 1.165) is 23.6 Å². The second-order valence-corrected chi connectivity index (χ2v) is 5.64. The molecule has 1 aliphatic carbocycles. The zero-order chi connectivity index (χ0) is 15.6. The van der Waals surface area contributed by atoms with Gasteiger partial charge in [0.05, 0.1) is 6.26 Å². The summed E-state index contributed by atoms with van der Waals surface area (Å²) in [6.07, 6.45) is 9.46. The second-order valence-electron chi connectivity index (χ2n) is 5.64. The molecule has 1 N–H and O–H groups in total. The highest BCUT2D eigenvalue weighted by molar-refractivity contribution is 5.82. The van der Waals surface area contributed by atoms with Gasteiger partial charge in [-0.05, 0) is 24.6 Å². The number of furan rings is 1. The molecule has 1 saturated carbocycles. The van der Waals surface area contributed by atoms with E-state index >= 15 is 0 Å². The predicted octanol–water partition coefficient (Wildman–Crippen LogP) is 2.28. The molecule has 2 unspecified atom stereocenters. The number of pyridine rings is 1. The van der Waals surface area contributed by atoms with Crippen molar-refractivity contribution in [2.75, 3.05) is 0 Å². The average molecular weight is 308 g/mol. The summed E-state index contributed by atoms with van der Waals surface area (Å²) in [5.41, 5.74) is 0.953. The summed E-state index contributed by atoms with van der Waals surface area (Å²) in [5, 5.41) is 3.00. The van der Waals surface area contributed by atoms with Crippen LogP contribution >= 0.6 is 0 Å². The lowest BCUT2D eigenvalue weighted by atomic mass is 10.2. The van der Waals surface area contributed by atoms with Gasteiger partial charge in [-0.3, -0.25) is 9.36 Å². The van der Waals surface area contributed by atoms with Gasteiger partial charge in [-0.15, -0.1) is 0 Å². The monoisotopic (exact) mass is 308 g/mol. The largest absolute Gasteiger partial charge is 0.469 e. The van der Waals surface area contributed by atoms with E-state index < -0.39 is 0 Å². The zero-order valence-corrected chi connectivity index (χ0v) is 12.4. The summed E-state index contributed by atoms with van der Waals surface area (Å²) >= 11 is 0. The molecule has 23 heavy (non-hydrogen) atoms. The average Bonchev–Trinajstić information content (AvgIpc) is 3.01. The van der Waals surface area contributed by atoms with Gasteiger partial charge in [0.25, 0.3) is 0 Å². The third-order valence-corrected chi connectivity index (χ3v) is 4.11. The summed E-state index contributed by atoms with van der Waals surface area (Å²) < 4.78 is 7.21. The normalized spacial score (nSPS) is 19.5. The van der Waals surface area contributed by atoms with Crippen LogP contribution in [0.25, 0.3) is 5.82 Å². The third-order valence-electron chi connectivity index (χ3n) is 4.11. The van der Waals surface area contributed by atoms with Crippen LogP contribution in [0.4, 0.5) is 0 Å². The van der Waals surface area contributed by atoms with Gasteiger partial charge in [-0.25, -0.2) is 9.97 Å². The van der Waals surface area contributed by atoms with Gasteiger partial charge >= 0.3 is 0 Å². The molecule has 3 aromatic heterocycles. The number of imidazole rings is 1. The molecule has 0 saturated heterocycles. The van der Waals surface area contributed by atoms with Gasteiger partial charge in [-0.1, -0.05) is 6.07 Å². The number of nitrogens with one attached hydrogen (secondary N) is 1. The molecule has 116 valence electrons. The van der Waals surface area contributed by atoms with E-state index in [2.05, 4.69) is 15.3 Å². The molecule has 4 rings (SSSR count). The molecular weight excluding hydrogens is 292 g/mol. The minimum absolute atomic E-state index is 0.00881. The van der Waals surface area contributed by atoms with E-state index in [1.54, 1.807) is 25.0 Å². The van der Waals surface area contributed by atoms with Gasteiger partial charge < -0.3 is 9.73 Å². The van der Waals surface area contributed by atoms with Crippen LogP contribution in [0.2, 0.25) is 0 Å². The Morgan fingerprint density at radius 3 is 3.09 bits per heavy atom. The molecule has 6 heteroatoms. The lowest BCUT2D eigenvalue weighted by Gasteiger charge is -2.10. The lowest BCUT2D eigenvalue weighted by Crippen LogP contribution is -2.25. The Kier molecular flexibility index (Phi) is 3.42. The third kappa shape index (κ3) is 2.75. The smallest absolute Gasteiger partial charge is 0.224 e. The number of nitrogens with zero attached hydrogens (tertiary/aromatic N) is 3. The van der Waals surface area contributed by atoms with Crippen molar-refractivity contribution in [2.24, 2.45) is 5.92 Å². The highest BCUT2D eigenvalue weighted by Crippen LogP contribution is 2.47. The number of aromatic nitrogens is 3. The van der Waals surface area contributed by atoms with Crippen molar-refractivity contribution in [1.29, 1.82) is 0 Å². The van der Waals surface area contributed by atoms with Crippen LogP contribution in [0.15, 0.2) is 59.9 Å². The van der Waals surface area contributed by atoms with Crippen LogP contribution in [0.5, 0.6) is 0 Å². The van der Waals surface area contributed by atoms with E-state index in [0.29, 0.717) is 6.54 Å². The van der Waals surface area contributed by atoms with E-state index in [-0.39, 0.29) is 17.7 Å². The molecule has 0 bridgehead atoms. The van der Waals surface area contributed by atoms with Gasteiger partial charge in [0.2, 0.25) is 5.91 Å². The summed E-state index contributed by atoms with van der Waals surface area (Å²) in [7, 11) is 0. The van der Waals surface area contributed by atoms with Crippen LogP contribution in [-0.4, -0.2) is 20.4 Å². The minimum Gasteiger partial charge on any atom is -0.469 e. The van der Waals surface area contributed by atoms with E-state index in [9.17, 15) is 4.79 Å². The van der Waals surface area contributed by atoms with Crippen LogP contribution in [0.3, 0.4) is 0 Å². The van der Waals surface area contributed by atoms with Crippen LogP contribution in [0.1, 0.15) is 23.7 Å². The molecule has 2 atom stereocenters. The van der Waals surface area contributed by atoms with Gasteiger partial charge in [-0.2, -0.15) is 0 Å². The first-order chi connectivity index (χ1) is 11.3. The number of rotatable bonds is 5. The number of amides is 1. The maximum Gasteiger partial charge on any atom is 0.224 e. The molecule has 0 aromatic carbocycles. The zero-order valence-electron chi connectivity index (χ0n) is 12.4. The van der Waals surface area contributed by atoms with E-state index in [4.69, 9.17) is 4.42 Å². The number of hydrogen-bond donors (Lipinski definition) is 1. The Bertz CT molecular complexity index is 796. The maximum atomic E-state index is 12.3. The summed E-state index contributed by atoms with van der Waals surface area (Å²) in [5.74, 6) is 1.96. The lowest BCUT2D eigenvalue weighted by molar-refractivity contribution is -0.122. The SMILES string of the molecule is O=C(NCc1cccnc1-n1ccnc1)C1CC1c1ccco1. The highest BCUT2D eigenvalue weighted by Gasteiger charge is 2.45. The fourth-order valence-corrected chi connectivity index (χ4v) is 2.80. The van der Waals surface area contributed by atoms with Crippen LogP contribution in [-0.2, 0) is 11.3 Å². The quantitative estimate of drug-likeness (QED) is 0.785. The highest BCUT2D eigenvalue weighted by atomic mass is 16.3. The molecular formula is C17H16N4O2. The molecule has 0 aliphatic heterocycles. The second kappa shape index (κ2) is 5.72. The Labute approximate surface area is 133 Å². The van der Waals surface area contributed by atoms with Crippen molar-refractivity contribution in [2.45, 2.75) is 18.9 Å². The first kappa shape index (κ1) is 13.8. The molecule has 0 radical (unpaired) electrons.